The maximum atomic E-state index is 5.78. The summed E-state index contributed by atoms with van der Waals surface area (Å²) in [5.74, 6) is 9.43. The molecule has 3 unspecified atom stereocenters. The van der Waals surface area contributed by atoms with Gasteiger partial charge in [0.15, 0.2) is 0 Å². The largest absolute Gasteiger partial charge is 0.494 e. The number of nitrogens with two attached hydrogens (primary N) is 1. The normalized spacial score (nSPS) is 29.9. The molecular weight excluding hydrogens is 236 g/mol. The lowest BCUT2D eigenvalue weighted by Crippen LogP contribution is -2.33. The van der Waals surface area contributed by atoms with Crippen LogP contribution in [0.3, 0.4) is 0 Å². The lowest BCUT2D eigenvalue weighted by Gasteiger charge is -2.24. The highest BCUT2D eigenvalue weighted by Crippen LogP contribution is 2.57. The second-order valence-corrected chi connectivity index (χ2v) is 6.05. The molecule has 1 aromatic rings. The fraction of sp³-hybridized carbons (Fsp3) is 0.625. The molecule has 0 aromatic heterocycles. The van der Waals surface area contributed by atoms with Gasteiger partial charge in [-0.1, -0.05) is 19.1 Å². The van der Waals surface area contributed by atoms with Crippen molar-refractivity contribution in [3.8, 4) is 5.75 Å². The zero-order valence-electron chi connectivity index (χ0n) is 11.6. The topological polar surface area (TPSA) is 47.3 Å². The van der Waals surface area contributed by atoms with Crippen LogP contribution in [-0.4, -0.2) is 6.61 Å². The van der Waals surface area contributed by atoms with Gasteiger partial charge in [-0.3, -0.25) is 11.3 Å². The molecular formula is C16H24N2O. The molecule has 3 nitrogen and oxygen atoms in total. The highest BCUT2D eigenvalue weighted by molar-refractivity contribution is 5.30. The molecule has 0 amide bonds. The van der Waals surface area contributed by atoms with Gasteiger partial charge in [0.2, 0.25) is 0 Å². The lowest BCUT2D eigenvalue weighted by molar-refractivity contribution is 0.316. The minimum absolute atomic E-state index is 0.299. The Hall–Kier alpha value is -1.06. The zero-order valence-corrected chi connectivity index (χ0v) is 11.6. The van der Waals surface area contributed by atoms with Crippen molar-refractivity contribution in [3.05, 3.63) is 29.8 Å². The van der Waals surface area contributed by atoms with Crippen molar-refractivity contribution in [1.29, 1.82) is 0 Å². The van der Waals surface area contributed by atoms with Crippen molar-refractivity contribution in [3.63, 3.8) is 0 Å². The smallest absolute Gasteiger partial charge is 0.119 e. The van der Waals surface area contributed by atoms with Crippen LogP contribution in [0.4, 0.5) is 0 Å². The van der Waals surface area contributed by atoms with E-state index in [0.29, 0.717) is 12.0 Å². The third-order valence-electron chi connectivity index (χ3n) is 4.64. The Bertz CT molecular complexity index is 407. The monoisotopic (exact) mass is 260 g/mol. The first-order valence-corrected chi connectivity index (χ1v) is 7.50. The van der Waals surface area contributed by atoms with E-state index in [9.17, 15) is 0 Å². The third kappa shape index (κ3) is 2.77. The van der Waals surface area contributed by atoms with Crippen LogP contribution in [0.25, 0.3) is 0 Å². The van der Waals surface area contributed by atoms with Crippen molar-refractivity contribution >= 4 is 0 Å². The van der Waals surface area contributed by atoms with Crippen molar-refractivity contribution in [2.75, 3.05) is 6.61 Å². The Morgan fingerprint density at radius 3 is 2.47 bits per heavy atom. The van der Waals surface area contributed by atoms with E-state index in [2.05, 4.69) is 36.6 Å². The minimum atomic E-state index is 0.299. The Morgan fingerprint density at radius 2 is 1.89 bits per heavy atom. The van der Waals surface area contributed by atoms with Crippen molar-refractivity contribution in [2.45, 2.75) is 38.6 Å². The highest BCUT2D eigenvalue weighted by atomic mass is 16.5. The van der Waals surface area contributed by atoms with Crippen molar-refractivity contribution < 1.29 is 4.74 Å². The molecule has 0 bridgehead atoms. The summed E-state index contributed by atoms with van der Waals surface area (Å²) in [6.45, 7) is 2.90. The summed E-state index contributed by atoms with van der Waals surface area (Å²) in [4.78, 5) is 0. The number of hydrazine groups is 1. The fourth-order valence-electron chi connectivity index (χ4n) is 3.53. The fourth-order valence-corrected chi connectivity index (χ4v) is 3.53. The molecule has 2 saturated carbocycles. The molecule has 2 fully saturated rings. The average Bonchev–Trinajstić information content (AvgIpc) is 3.06. The summed E-state index contributed by atoms with van der Waals surface area (Å²) < 4.78 is 5.62. The Morgan fingerprint density at radius 1 is 1.21 bits per heavy atom. The first-order valence-electron chi connectivity index (χ1n) is 7.50. The molecule has 2 aliphatic carbocycles. The molecule has 1 aromatic carbocycles. The first kappa shape index (κ1) is 12.9. The number of hydrogen-bond acceptors (Lipinski definition) is 3. The highest BCUT2D eigenvalue weighted by Gasteiger charge is 2.47. The maximum absolute atomic E-state index is 5.78. The molecule has 2 aliphatic rings. The standard InChI is InChI=1S/C16H24N2O/c1-2-7-19-15-5-3-11(4-6-15)16(18-17)14-9-12-8-13(12)10-14/h3-6,12-14,16,18H,2,7-10,17H2,1H3. The van der Waals surface area contributed by atoms with Gasteiger partial charge in [0.1, 0.15) is 5.75 Å². The van der Waals surface area contributed by atoms with Gasteiger partial charge in [-0.2, -0.15) is 0 Å². The van der Waals surface area contributed by atoms with Gasteiger partial charge in [-0.15, -0.1) is 0 Å². The van der Waals surface area contributed by atoms with Crippen molar-refractivity contribution in [1.82, 2.24) is 5.43 Å². The number of fused-ring (bicyclic) bond motifs is 1. The number of nitrogens with one attached hydrogen (secondary N) is 1. The number of benzene rings is 1. The zero-order chi connectivity index (χ0) is 13.2. The van der Waals surface area contributed by atoms with Crippen LogP contribution in [-0.2, 0) is 0 Å². The average molecular weight is 260 g/mol. The van der Waals surface area contributed by atoms with Crippen LogP contribution >= 0.6 is 0 Å². The van der Waals surface area contributed by atoms with Crippen LogP contribution in [0.5, 0.6) is 5.75 Å². The van der Waals surface area contributed by atoms with Crippen LogP contribution in [0.15, 0.2) is 24.3 Å². The predicted octanol–water partition coefficient (Wildman–Crippen LogP) is 3.03. The summed E-state index contributed by atoms with van der Waals surface area (Å²) in [7, 11) is 0. The predicted molar refractivity (Wildman–Crippen MR) is 76.6 cm³/mol. The number of hydrogen-bond donors (Lipinski definition) is 2. The lowest BCUT2D eigenvalue weighted by atomic mass is 9.89. The van der Waals surface area contributed by atoms with Gasteiger partial charge in [-0.05, 0) is 61.1 Å². The molecule has 3 rings (SSSR count). The van der Waals surface area contributed by atoms with Crippen molar-refractivity contribution in [2.24, 2.45) is 23.6 Å². The van der Waals surface area contributed by atoms with Gasteiger partial charge in [0.25, 0.3) is 0 Å². The molecule has 0 aliphatic heterocycles. The molecule has 3 N–H and O–H groups in total. The van der Waals surface area contributed by atoms with Crippen LogP contribution in [0.2, 0.25) is 0 Å². The molecule has 3 atom stereocenters. The molecule has 3 heteroatoms. The van der Waals surface area contributed by atoms with Gasteiger partial charge in [0.05, 0.1) is 6.61 Å². The van der Waals surface area contributed by atoms with Crippen LogP contribution < -0.4 is 16.0 Å². The summed E-state index contributed by atoms with van der Waals surface area (Å²) in [5, 5.41) is 0. The molecule has 0 heterocycles. The Kier molecular flexibility index (Phi) is 3.76. The molecule has 104 valence electrons. The van der Waals surface area contributed by atoms with Crippen LogP contribution in [0, 0.1) is 17.8 Å². The third-order valence-corrected chi connectivity index (χ3v) is 4.64. The minimum Gasteiger partial charge on any atom is -0.494 e. The molecule has 0 spiro atoms. The van der Waals surface area contributed by atoms with Gasteiger partial charge in [0, 0.05) is 6.04 Å². The van der Waals surface area contributed by atoms with Gasteiger partial charge in [-0.25, -0.2) is 0 Å². The van der Waals surface area contributed by atoms with Crippen LogP contribution in [0.1, 0.15) is 44.2 Å². The SMILES string of the molecule is CCCOc1ccc(C(NN)C2CC3CC3C2)cc1. The van der Waals surface area contributed by atoms with E-state index < -0.39 is 0 Å². The second-order valence-electron chi connectivity index (χ2n) is 6.05. The summed E-state index contributed by atoms with van der Waals surface area (Å²) >= 11 is 0. The number of ether oxygens (including phenoxy) is 1. The van der Waals surface area contributed by atoms with Gasteiger partial charge >= 0.3 is 0 Å². The second kappa shape index (κ2) is 5.51. The Labute approximate surface area is 115 Å². The molecule has 0 radical (unpaired) electrons. The number of rotatable bonds is 6. The van der Waals surface area contributed by atoms with Gasteiger partial charge < -0.3 is 4.74 Å². The summed E-state index contributed by atoms with van der Waals surface area (Å²) in [6, 6.07) is 8.72. The molecule has 0 saturated heterocycles. The van der Waals surface area contributed by atoms with E-state index in [-0.39, 0.29) is 0 Å². The summed E-state index contributed by atoms with van der Waals surface area (Å²) in [6.07, 6.45) is 5.18. The summed E-state index contributed by atoms with van der Waals surface area (Å²) in [5.41, 5.74) is 4.31. The van der Waals surface area contributed by atoms with E-state index in [4.69, 9.17) is 10.6 Å². The van der Waals surface area contributed by atoms with E-state index in [1.807, 2.05) is 0 Å². The van der Waals surface area contributed by atoms with E-state index >= 15 is 0 Å². The maximum Gasteiger partial charge on any atom is 0.119 e. The van der Waals surface area contributed by atoms with E-state index in [1.54, 1.807) is 0 Å². The molecule has 19 heavy (non-hydrogen) atoms. The van der Waals surface area contributed by atoms with E-state index in [1.165, 1.54) is 24.8 Å². The quantitative estimate of drug-likeness (QED) is 0.610. The first-order chi connectivity index (χ1) is 9.31. The van der Waals surface area contributed by atoms with E-state index in [0.717, 1.165) is 30.6 Å². The Balaban J connectivity index is 1.65.